The predicted molar refractivity (Wildman–Crippen MR) is 91.1 cm³/mol. The highest BCUT2D eigenvalue weighted by Crippen LogP contribution is 2.11. The fraction of sp³-hybridized carbons (Fsp3) is 0.500. The fourth-order valence-corrected chi connectivity index (χ4v) is 2.73. The molecule has 5 nitrogen and oxygen atoms in total. The minimum absolute atomic E-state index is 0.137. The molecule has 0 radical (unpaired) electrons. The van der Waals surface area contributed by atoms with E-state index < -0.39 is 0 Å². The highest BCUT2D eigenvalue weighted by atomic mass is 32.1. The monoisotopic (exact) mass is 321 g/mol. The van der Waals surface area contributed by atoms with Crippen molar-refractivity contribution in [2.24, 2.45) is 0 Å². The van der Waals surface area contributed by atoms with Crippen LogP contribution in [0.5, 0.6) is 5.75 Å². The molecule has 1 N–H and O–H groups in total. The van der Waals surface area contributed by atoms with Gasteiger partial charge in [-0.15, -0.1) is 0 Å². The Morgan fingerprint density at radius 1 is 1.18 bits per heavy atom. The number of carbonyl (C=O) groups is 1. The Hall–Kier alpha value is -1.82. The third kappa shape index (κ3) is 4.59. The number of carbonyl (C=O) groups excluding carboxylic acids is 1. The van der Waals surface area contributed by atoms with Crippen molar-refractivity contribution in [1.82, 2.24) is 15.1 Å². The van der Waals surface area contributed by atoms with E-state index in [4.69, 9.17) is 17.0 Å². The summed E-state index contributed by atoms with van der Waals surface area (Å²) in [4.78, 5) is 15.3. The van der Waals surface area contributed by atoms with E-state index >= 15 is 0 Å². The number of thiocarbonyl (C=S) groups is 1. The zero-order valence-electron chi connectivity index (χ0n) is 13.2. The first-order chi connectivity index (χ1) is 10.6. The third-order valence-electron chi connectivity index (χ3n) is 3.86. The summed E-state index contributed by atoms with van der Waals surface area (Å²) >= 11 is 5.42. The molecule has 0 bridgehead atoms. The molecule has 1 saturated heterocycles. The van der Waals surface area contributed by atoms with Crippen molar-refractivity contribution in [2.75, 3.05) is 39.8 Å². The number of nitrogens with zero attached hydrogens (tertiary/aromatic N) is 2. The van der Waals surface area contributed by atoms with Gasteiger partial charge in [-0.25, -0.2) is 0 Å². The second kappa shape index (κ2) is 7.98. The van der Waals surface area contributed by atoms with Crippen molar-refractivity contribution in [3.05, 3.63) is 29.8 Å². The predicted octanol–water partition coefficient (Wildman–Crippen LogP) is 1.28. The van der Waals surface area contributed by atoms with Gasteiger partial charge in [0.2, 0.25) is 5.91 Å². The summed E-state index contributed by atoms with van der Waals surface area (Å²) in [5.74, 6) is 1.01. The van der Waals surface area contributed by atoms with Crippen molar-refractivity contribution < 1.29 is 9.53 Å². The summed E-state index contributed by atoms with van der Waals surface area (Å²) in [6, 6.07) is 8.06. The summed E-state index contributed by atoms with van der Waals surface area (Å²) in [5, 5.41) is 4.07. The minimum Gasteiger partial charge on any atom is -0.497 e. The van der Waals surface area contributed by atoms with Crippen LogP contribution in [0.15, 0.2) is 24.3 Å². The van der Waals surface area contributed by atoms with Crippen LogP contribution in [-0.4, -0.2) is 60.7 Å². The average molecular weight is 321 g/mol. The largest absolute Gasteiger partial charge is 0.497 e. The van der Waals surface area contributed by atoms with Gasteiger partial charge in [-0.2, -0.15) is 0 Å². The molecule has 0 atom stereocenters. The SMILES string of the molecule is COc1ccc(CCNC(=S)N2CCN(C(C)=O)CC2)cc1. The highest BCUT2D eigenvalue weighted by molar-refractivity contribution is 7.80. The van der Waals surface area contributed by atoms with E-state index in [1.54, 1.807) is 14.0 Å². The van der Waals surface area contributed by atoms with Gasteiger partial charge in [-0.05, 0) is 36.3 Å². The van der Waals surface area contributed by atoms with E-state index in [-0.39, 0.29) is 5.91 Å². The lowest BCUT2D eigenvalue weighted by atomic mass is 10.1. The summed E-state index contributed by atoms with van der Waals surface area (Å²) in [6.45, 7) is 5.51. The second-order valence-corrected chi connectivity index (χ2v) is 5.71. The van der Waals surface area contributed by atoms with E-state index in [0.29, 0.717) is 0 Å². The number of methoxy groups -OCH3 is 1. The van der Waals surface area contributed by atoms with Crippen LogP contribution in [0.4, 0.5) is 0 Å². The number of benzene rings is 1. The van der Waals surface area contributed by atoms with Crippen molar-refractivity contribution in [3.8, 4) is 5.75 Å². The highest BCUT2D eigenvalue weighted by Gasteiger charge is 2.19. The number of rotatable bonds is 4. The number of nitrogens with one attached hydrogen (secondary N) is 1. The van der Waals surface area contributed by atoms with E-state index in [0.717, 1.165) is 50.0 Å². The van der Waals surface area contributed by atoms with Gasteiger partial charge in [0.1, 0.15) is 5.75 Å². The molecular weight excluding hydrogens is 298 g/mol. The maximum Gasteiger partial charge on any atom is 0.219 e. The van der Waals surface area contributed by atoms with Crippen LogP contribution in [0.2, 0.25) is 0 Å². The zero-order valence-corrected chi connectivity index (χ0v) is 14.0. The molecule has 2 rings (SSSR count). The molecule has 1 aromatic rings. The molecule has 1 heterocycles. The zero-order chi connectivity index (χ0) is 15.9. The van der Waals surface area contributed by atoms with Crippen molar-refractivity contribution in [1.29, 1.82) is 0 Å². The molecule has 1 aliphatic rings. The molecule has 120 valence electrons. The third-order valence-corrected chi connectivity index (χ3v) is 4.26. The minimum atomic E-state index is 0.137. The smallest absolute Gasteiger partial charge is 0.219 e. The van der Waals surface area contributed by atoms with Gasteiger partial charge in [0.25, 0.3) is 0 Å². The van der Waals surface area contributed by atoms with Crippen LogP contribution >= 0.6 is 12.2 Å². The molecule has 0 spiro atoms. The first kappa shape index (κ1) is 16.5. The van der Waals surface area contributed by atoms with Crippen molar-refractivity contribution in [3.63, 3.8) is 0 Å². The Morgan fingerprint density at radius 3 is 2.32 bits per heavy atom. The number of hydrogen-bond acceptors (Lipinski definition) is 3. The Labute approximate surface area is 137 Å². The van der Waals surface area contributed by atoms with Gasteiger partial charge >= 0.3 is 0 Å². The van der Waals surface area contributed by atoms with E-state index in [1.807, 2.05) is 17.0 Å². The number of ether oxygens (including phenoxy) is 1. The van der Waals surface area contributed by atoms with Crippen LogP contribution in [0.1, 0.15) is 12.5 Å². The molecule has 1 fully saturated rings. The lowest BCUT2D eigenvalue weighted by molar-refractivity contribution is -0.130. The van der Waals surface area contributed by atoms with Gasteiger partial charge in [-0.1, -0.05) is 12.1 Å². The Kier molecular flexibility index (Phi) is 6.00. The number of amides is 1. The number of hydrogen-bond donors (Lipinski definition) is 1. The van der Waals surface area contributed by atoms with Crippen molar-refractivity contribution >= 4 is 23.2 Å². The average Bonchev–Trinajstić information content (AvgIpc) is 2.55. The molecule has 1 amide bonds. The van der Waals surface area contributed by atoms with Crippen molar-refractivity contribution in [2.45, 2.75) is 13.3 Å². The van der Waals surface area contributed by atoms with Gasteiger partial charge in [0, 0.05) is 39.6 Å². The maximum atomic E-state index is 11.3. The standard InChI is InChI=1S/C16H23N3O2S/c1-13(20)18-9-11-19(12-10-18)16(22)17-8-7-14-3-5-15(21-2)6-4-14/h3-6H,7-12H2,1-2H3,(H,17,22). The molecular formula is C16H23N3O2S. The lowest BCUT2D eigenvalue weighted by Crippen LogP contribution is -2.52. The summed E-state index contributed by atoms with van der Waals surface area (Å²) < 4.78 is 5.15. The maximum absolute atomic E-state index is 11.3. The Bertz CT molecular complexity index is 511. The molecule has 0 unspecified atom stereocenters. The lowest BCUT2D eigenvalue weighted by Gasteiger charge is -2.35. The fourth-order valence-electron chi connectivity index (χ4n) is 2.44. The summed E-state index contributed by atoms with van der Waals surface area (Å²) in [6.07, 6.45) is 0.914. The molecule has 1 aromatic carbocycles. The van der Waals surface area contributed by atoms with Gasteiger partial charge in [-0.3, -0.25) is 4.79 Å². The first-order valence-corrected chi connectivity index (χ1v) is 7.92. The Balaban J connectivity index is 1.70. The molecule has 0 aliphatic carbocycles. The van der Waals surface area contributed by atoms with E-state index in [2.05, 4.69) is 22.3 Å². The molecule has 1 aliphatic heterocycles. The second-order valence-electron chi connectivity index (χ2n) is 5.32. The van der Waals surface area contributed by atoms with Crippen LogP contribution in [-0.2, 0) is 11.2 Å². The summed E-state index contributed by atoms with van der Waals surface area (Å²) in [7, 11) is 1.67. The van der Waals surface area contributed by atoms with E-state index in [9.17, 15) is 4.79 Å². The number of piperazine rings is 1. The normalized spacial score (nSPS) is 14.6. The first-order valence-electron chi connectivity index (χ1n) is 7.51. The van der Waals surface area contributed by atoms with Crippen LogP contribution in [0.25, 0.3) is 0 Å². The van der Waals surface area contributed by atoms with Gasteiger partial charge in [0.05, 0.1) is 7.11 Å². The molecule has 22 heavy (non-hydrogen) atoms. The van der Waals surface area contributed by atoms with E-state index in [1.165, 1.54) is 5.56 Å². The molecule has 0 aromatic heterocycles. The molecule has 6 heteroatoms. The van der Waals surface area contributed by atoms with Gasteiger partial charge < -0.3 is 19.9 Å². The van der Waals surface area contributed by atoms with Crippen LogP contribution < -0.4 is 10.1 Å². The van der Waals surface area contributed by atoms with Crippen LogP contribution in [0, 0.1) is 0 Å². The quantitative estimate of drug-likeness (QED) is 0.847. The van der Waals surface area contributed by atoms with Crippen LogP contribution in [0.3, 0.4) is 0 Å². The molecule has 0 saturated carbocycles. The summed E-state index contributed by atoms with van der Waals surface area (Å²) in [5.41, 5.74) is 1.25. The van der Waals surface area contributed by atoms with Gasteiger partial charge in [0.15, 0.2) is 5.11 Å². The topological polar surface area (TPSA) is 44.8 Å². The Morgan fingerprint density at radius 2 is 1.77 bits per heavy atom.